The molecule has 0 aliphatic rings. The van der Waals surface area contributed by atoms with Gasteiger partial charge in [-0.15, -0.1) is 0 Å². The van der Waals surface area contributed by atoms with Gasteiger partial charge in [-0.1, -0.05) is 11.6 Å². The summed E-state index contributed by atoms with van der Waals surface area (Å²) in [6.07, 6.45) is 3.94. The van der Waals surface area contributed by atoms with Crippen molar-refractivity contribution in [3.63, 3.8) is 0 Å². The second-order valence-corrected chi connectivity index (χ2v) is 3.93. The largest absolute Gasteiger partial charge is 0.368 e. The van der Waals surface area contributed by atoms with Gasteiger partial charge < -0.3 is 10.3 Å². The van der Waals surface area contributed by atoms with Gasteiger partial charge in [-0.25, -0.2) is 4.98 Å². The minimum atomic E-state index is -0.345. The number of aromatic nitrogens is 4. The van der Waals surface area contributed by atoms with E-state index < -0.39 is 0 Å². The van der Waals surface area contributed by atoms with Crippen LogP contribution in [0.15, 0.2) is 23.4 Å². The quantitative estimate of drug-likeness (QED) is 0.846. The molecule has 0 saturated carbocycles. The number of halogens is 1. The van der Waals surface area contributed by atoms with Crippen LogP contribution in [0, 0.1) is 0 Å². The number of hydrogen-bond donors (Lipinski definition) is 2. The molecule has 0 aromatic carbocycles. The van der Waals surface area contributed by atoms with Crippen LogP contribution >= 0.6 is 11.6 Å². The van der Waals surface area contributed by atoms with Crippen molar-refractivity contribution in [3.8, 4) is 0 Å². The molecule has 0 spiro atoms. The smallest absolute Gasteiger partial charge is 0.271 e. The molecule has 0 saturated heterocycles. The molecule has 2 aromatic rings. The maximum Gasteiger partial charge on any atom is 0.271 e. The van der Waals surface area contributed by atoms with Gasteiger partial charge in [0.25, 0.3) is 5.56 Å². The van der Waals surface area contributed by atoms with E-state index in [4.69, 9.17) is 11.6 Å². The summed E-state index contributed by atoms with van der Waals surface area (Å²) in [5, 5.41) is 7.31. The minimum Gasteiger partial charge on any atom is -0.368 e. The summed E-state index contributed by atoms with van der Waals surface area (Å²) in [6.45, 7) is 0.618. The fourth-order valence-corrected chi connectivity index (χ4v) is 1.58. The number of hydrogen-bond acceptors (Lipinski definition) is 4. The van der Waals surface area contributed by atoms with Gasteiger partial charge in [-0.3, -0.25) is 9.48 Å². The molecule has 2 rings (SSSR count). The normalized spacial score (nSPS) is 10.5. The summed E-state index contributed by atoms with van der Waals surface area (Å²) in [7, 11) is 1.87. The average Bonchev–Trinajstić information content (AvgIpc) is 2.70. The lowest BCUT2D eigenvalue weighted by atomic mass is 10.3. The molecule has 6 nitrogen and oxygen atoms in total. The molecule has 0 unspecified atom stereocenters. The summed E-state index contributed by atoms with van der Waals surface area (Å²) < 4.78 is 1.74. The lowest BCUT2D eigenvalue weighted by molar-refractivity contribution is 0.742. The number of nitrogens with one attached hydrogen (secondary N) is 2. The lowest BCUT2D eigenvalue weighted by Gasteiger charge is -2.04. The van der Waals surface area contributed by atoms with Crippen molar-refractivity contribution in [2.75, 3.05) is 11.9 Å². The zero-order chi connectivity index (χ0) is 12.3. The highest BCUT2D eigenvalue weighted by atomic mass is 35.5. The van der Waals surface area contributed by atoms with Crippen molar-refractivity contribution >= 4 is 17.4 Å². The van der Waals surface area contributed by atoms with Crippen LogP contribution in [0.5, 0.6) is 0 Å². The zero-order valence-corrected chi connectivity index (χ0v) is 10.0. The monoisotopic (exact) mass is 253 g/mol. The van der Waals surface area contributed by atoms with Gasteiger partial charge in [0.2, 0.25) is 0 Å². The predicted molar refractivity (Wildman–Crippen MR) is 65.3 cm³/mol. The van der Waals surface area contributed by atoms with Crippen molar-refractivity contribution in [1.82, 2.24) is 19.7 Å². The van der Waals surface area contributed by atoms with Gasteiger partial charge in [-0.2, -0.15) is 5.10 Å². The Kier molecular flexibility index (Phi) is 3.43. The second-order valence-electron chi connectivity index (χ2n) is 3.55. The van der Waals surface area contributed by atoms with Gasteiger partial charge in [0.1, 0.15) is 5.02 Å². The fraction of sp³-hybridized carbons (Fsp3) is 0.300. The summed E-state index contributed by atoms with van der Waals surface area (Å²) in [4.78, 5) is 17.5. The Bertz CT molecular complexity index is 562. The number of aromatic amines is 1. The Balaban J connectivity index is 1.94. The average molecular weight is 254 g/mol. The highest BCUT2D eigenvalue weighted by Crippen LogP contribution is 2.11. The Morgan fingerprint density at radius 1 is 1.59 bits per heavy atom. The molecular weight excluding hydrogens is 242 g/mol. The minimum absolute atomic E-state index is 0.0773. The molecule has 0 bridgehead atoms. The van der Waals surface area contributed by atoms with Crippen LogP contribution in [-0.2, 0) is 13.5 Å². The first-order chi connectivity index (χ1) is 8.16. The molecule has 90 valence electrons. The van der Waals surface area contributed by atoms with E-state index in [1.807, 2.05) is 19.3 Å². The van der Waals surface area contributed by atoms with E-state index in [0.717, 1.165) is 12.1 Å². The molecule has 7 heteroatoms. The van der Waals surface area contributed by atoms with E-state index in [2.05, 4.69) is 20.4 Å². The van der Waals surface area contributed by atoms with Crippen LogP contribution < -0.4 is 10.9 Å². The highest BCUT2D eigenvalue weighted by Gasteiger charge is 2.05. The van der Waals surface area contributed by atoms with Crippen molar-refractivity contribution in [3.05, 3.63) is 39.7 Å². The molecule has 0 amide bonds. The first-order valence-corrected chi connectivity index (χ1v) is 5.50. The van der Waals surface area contributed by atoms with E-state index in [1.54, 1.807) is 4.68 Å². The molecule has 0 atom stereocenters. The SMILES string of the molecule is Cn1ccc(CCNc2nc[nH]c(=O)c2Cl)n1. The third-order valence-electron chi connectivity index (χ3n) is 2.24. The first-order valence-electron chi connectivity index (χ1n) is 5.12. The first kappa shape index (κ1) is 11.7. The van der Waals surface area contributed by atoms with Crippen LogP contribution in [0.2, 0.25) is 5.02 Å². The molecule has 0 aliphatic carbocycles. The van der Waals surface area contributed by atoms with Crippen LogP contribution in [0.3, 0.4) is 0 Å². The van der Waals surface area contributed by atoms with E-state index in [-0.39, 0.29) is 10.6 Å². The van der Waals surface area contributed by atoms with Gasteiger partial charge in [0, 0.05) is 26.2 Å². The molecule has 17 heavy (non-hydrogen) atoms. The summed E-state index contributed by atoms with van der Waals surface area (Å²) >= 11 is 5.79. The number of H-pyrrole nitrogens is 1. The third-order valence-corrected chi connectivity index (χ3v) is 2.59. The van der Waals surface area contributed by atoms with Crippen molar-refractivity contribution in [2.45, 2.75) is 6.42 Å². The zero-order valence-electron chi connectivity index (χ0n) is 9.27. The van der Waals surface area contributed by atoms with Gasteiger partial charge in [-0.05, 0) is 6.07 Å². The van der Waals surface area contributed by atoms with Crippen molar-refractivity contribution in [2.24, 2.45) is 7.05 Å². The lowest BCUT2D eigenvalue weighted by Crippen LogP contribution is -2.13. The highest BCUT2D eigenvalue weighted by molar-refractivity contribution is 6.32. The fourth-order valence-electron chi connectivity index (χ4n) is 1.41. The van der Waals surface area contributed by atoms with E-state index in [0.29, 0.717) is 12.4 Å². The topological polar surface area (TPSA) is 75.6 Å². The van der Waals surface area contributed by atoms with Crippen LogP contribution in [0.4, 0.5) is 5.82 Å². The van der Waals surface area contributed by atoms with Crippen LogP contribution in [-0.4, -0.2) is 26.3 Å². The van der Waals surface area contributed by atoms with E-state index >= 15 is 0 Å². The molecule has 0 fully saturated rings. The second kappa shape index (κ2) is 5.01. The molecule has 2 heterocycles. The molecule has 2 aromatic heterocycles. The van der Waals surface area contributed by atoms with Gasteiger partial charge in [0.05, 0.1) is 12.0 Å². The number of rotatable bonds is 4. The third kappa shape index (κ3) is 2.85. The molecular formula is C10H12ClN5O. The number of anilines is 1. The number of aryl methyl sites for hydroxylation is 1. The van der Waals surface area contributed by atoms with Crippen molar-refractivity contribution in [1.29, 1.82) is 0 Å². The summed E-state index contributed by atoms with van der Waals surface area (Å²) in [5.74, 6) is 0.395. The van der Waals surface area contributed by atoms with E-state index in [1.165, 1.54) is 6.33 Å². The Morgan fingerprint density at radius 3 is 3.12 bits per heavy atom. The van der Waals surface area contributed by atoms with Crippen molar-refractivity contribution < 1.29 is 0 Å². The summed E-state index contributed by atoms with van der Waals surface area (Å²) in [5.41, 5.74) is 0.628. The predicted octanol–water partition coefficient (Wildman–Crippen LogP) is 0.811. The maximum atomic E-state index is 11.2. The standard InChI is InChI=1S/C10H12ClN5O/c1-16-5-3-7(15-16)2-4-12-9-8(11)10(17)14-6-13-9/h3,5-6H,2,4H2,1H3,(H2,12,13,14,17). The molecule has 0 radical (unpaired) electrons. The Labute approximate surface area is 103 Å². The van der Waals surface area contributed by atoms with E-state index in [9.17, 15) is 4.79 Å². The van der Waals surface area contributed by atoms with Crippen LogP contribution in [0.1, 0.15) is 5.69 Å². The number of nitrogens with zero attached hydrogens (tertiary/aromatic N) is 3. The van der Waals surface area contributed by atoms with Gasteiger partial charge >= 0.3 is 0 Å². The maximum absolute atomic E-state index is 11.2. The Hall–Kier alpha value is -1.82. The molecule has 2 N–H and O–H groups in total. The Morgan fingerprint density at radius 2 is 2.41 bits per heavy atom. The molecule has 0 aliphatic heterocycles. The van der Waals surface area contributed by atoms with Gasteiger partial charge in [0.15, 0.2) is 5.82 Å². The summed E-state index contributed by atoms with van der Waals surface area (Å²) in [6, 6.07) is 1.94. The van der Waals surface area contributed by atoms with Crippen LogP contribution in [0.25, 0.3) is 0 Å².